The molecule has 1 aliphatic rings. The number of nitrogens with one attached hydrogen (secondary N) is 2. The summed E-state index contributed by atoms with van der Waals surface area (Å²) in [4.78, 5) is 29.6. The van der Waals surface area contributed by atoms with Gasteiger partial charge in [0.15, 0.2) is 6.10 Å². The van der Waals surface area contributed by atoms with Crippen LogP contribution in [0.15, 0.2) is 18.3 Å². The van der Waals surface area contributed by atoms with Crippen LogP contribution in [0.5, 0.6) is 0 Å². The maximum atomic E-state index is 12.9. The standard InChI is InChI=1S/C21H27ClN4O4/c1-12-16(19(28)24-14-5-8-23-15(22)11-14)13(2)26(4)17(12)18(27)20(29)25-21(3)6-9-30-10-7-21/h5,8,11,18,27H,6-7,9-10H2,1-4H3,(H,25,29)(H,23,24,28). The van der Waals surface area contributed by atoms with Gasteiger partial charge in [0.25, 0.3) is 11.8 Å². The molecule has 8 nitrogen and oxygen atoms in total. The molecule has 0 spiro atoms. The average molecular weight is 435 g/mol. The number of rotatable bonds is 5. The molecule has 1 fully saturated rings. The van der Waals surface area contributed by atoms with Crippen LogP contribution in [-0.4, -0.2) is 45.2 Å². The van der Waals surface area contributed by atoms with Crippen LogP contribution in [0.4, 0.5) is 5.69 Å². The monoisotopic (exact) mass is 434 g/mol. The number of aliphatic hydroxyl groups excluding tert-OH is 1. The molecule has 3 heterocycles. The highest BCUT2D eigenvalue weighted by molar-refractivity contribution is 6.29. The summed E-state index contributed by atoms with van der Waals surface area (Å²) in [7, 11) is 1.73. The van der Waals surface area contributed by atoms with Crippen molar-refractivity contribution < 1.29 is 19.4 Å². The number of amides is 2. The largest absolute Gasteiger partial charge is 0.381 e. The molecular weight excluding hydrogens is 408 g/mol. The van der Waals surface area contributed by atoms with Crippen LogP contribution < -0.4 is 10.6 Å². The number of carbonyl (C=O) groups excluding carboxylic acids is 2. The molecule has 0 aromatic carbocycles. The molecule has 0 saturated carbocycles. The fourth-order valence-electron chi connectivity index (χ4n) is 3.83. The highest BCUT2D eigenvalue weighted by Gasteiger charge is 2.34. The molecule has 162 valence electrons. The molecule has 3 rings (SSSR count). The molecule has 1 unspecified atom stereocenters. The highest BCUT2D eigenvalue weighted by atomic mass is 35.5. The Labute approximate surface area is 180 Å². The molecule has 2 aromatic rings. The van der Waals surface area contributed by atoms with E-state index in [2.05, 4.69) is 15.6 Å². The van der Waals surface area contributed by atoms with E-state index in [4.69, 9.17) is 16.3 Å². The smallest absolute Gasteiger partial charge is 0.257 e. The van der Waals surface area contributed by atoms with E-state index in [1.54, 1.807) is 37.6 Å². The van der Waals surface area contributed by atoms with Crippen LogP contribution in [0.3, 0.4) is 0 Å². The predicted octanol–water partition coefficient (Wildman–Crippen LogP) is 2.66. The lowest BCUT2D eigenvalue weighted by Crippen LogP contribution is -2.51. The number of carbonyl (C=O) groups is 2. The Bertz CT molecular complexity index is 966. The van der Waals surface area contributed by atoms with Gasteiger partial charge in [0, 0.05) is 43.4 Å². The first kappa shape index (κ1) is 22.3. The minimum Gasteiger partial charge on any atom is -0.381 e. The summed E-state index contributed by atoms with van der Waals surface area (Å²) in [5.74, 6) is -0.839. The van der Waals surface area contributed by atoms with Gasteiger partial charge in [-0.2, -0.15) is 0 Å². The third-order valence-electron chi connectivity index (χ3n) is 5.73. The molecule has 0 aliphatic carbocycles. The summed E-state index contributed by atoms with van der Waals surface area (Å²) in [6, 6.07) is 3.18. The van der Waals surface area contributed by atoms with E-state index in [0.717, 1.165) is 0 Å². The van der Waals surface area contributed by atoms with Gasteiger partial charge >= 0.3 is 0 Å². The minimum atomic E-state index is -1.40. The van der Waals surface area contributed by atoms with Crippen molar-refractivity contribution in [1.82, 2.24) is 14.9 Å². The zero-order valence-electron chi connectivity index (χ0n) is 17.6. The Morgan fingerprint density at radius 1 is 1.33 bits per heavy atom. The first-order chi connectivity index (χ1) is 14.1. The third kappa shape index (κ3) is 4.50. The van der Waals surface area contributed by atoms with Crippen molar-refractivity contribution in [2.24, 2.45) is 7.05 Å². The fourth-order valence-corrected chi connectivity index (χ4v) is 4.01. The number of hydrogen-bond acceptors (Lipinski definition) is 5. The number of nitrogens with zero attached hydrogens (tertiary/aromatic N) is 2. The van der Waals surface area contributed by atoms with Crippen molar-refractivity contribution in [1.29, 1.82) is 0 Å². The van der Waals surface area contributed by atoms with Crippen molar-refractivity contribution >= 4 is 29.1 Å². The van der Waals surface area contributed by atoms with Gasteiger partial charge in [-0.25, -0.2) is 4.98 Å². The Kier molecular flexibility index (Phi) is 6.50. The van der Waals surface area contributed by atoms with Crippen LogP contribution in [0, 0.1) is 13.8 Å². The molecule has 0 radical (unpaired) electrons. The molecule has 1 aliphatic heterocycles. The molecular formula is C21H27ClN4O4. The number of anilines is 1. The van der Waals surface area contributed by atoms with Gasteiger partial charge in [-0.15, -0.1) is 0 Å². The molecule has 3 N–H and O–H groups in total. The maximum Gasteiger partial charge on any atom is 0.257 e. The number of halogens is 1. The number of aromatic nitrogens is 2. The van der Waals surface area contributed by atoms with Gasteiger partial charge in [-0.05, 0) is 51.3 Å². The van der Waals surface area contributed by atoms with Gasteiger partial charge < -0.3 is 25.0 Å². The van der Waals surface area contributed by atoms with E-state index in [1.807, 2.05) is 6.92 Å². The van der Waals surface area contributed by atoms with Gasteiger partial charge in [0.05, 0.1) is 11.3 Å². The quantitative estimate of drug-likeness (QED) is 0.627. The minimum absolute atomic E-state index is 0.267. The van der Waals surface area contributed by atoms with Crippen molar-refractivity contribution in [3.05, 3.63) is 46.0 Å². The highest BCUT2D eigenvalue weighted by Crippen LogP contribution is 2.29. The third-order valence-corrected chi connectivity index (χ3v) is 5.93. The van der Waals surface area contributed by atoms with Crippen LogP contribution in [0.1, 0.15) is 53.2 Å². The summed E-state index contributed by atoms with van der Waals surface area (Å²) >= 11 is 5.88. The lowest BCUT2D eigenvalue weighted by Gasteiger charge is -2.35. The normalized spacial score (nSPS) is 16.7. The molecule has 30 heavy (non-hydrogen) atoms. The van der Waals surface area contributed by atoms with E-state index < -0.39 is 17.6 Å². The van der Waals surface area contributed by atoms with Crippen LogP contribution in [0.2, 0.25) is 5.15 Å². The molecule has 2 amide bonds. The molecule has 2 aromatic heterocycles. The summed E-state index contributed by atoms with van der Waals surface area (Å²) < 4.78 is 7.04. The van der Waals surface area contributed by atoms with Crippen LogP contribution >= 0.6 is 11.6 Å². The first-order valence-electron chi connectivity index (χ1n) is 9.79. The summed E-state index contributed by atoms with van der Waals surface area (Å²) in [6.45, 7) is 6.58. The molecule has 1 saturated heterocycles. The van der Waals surface area contributed by atoms with E-state index >= 15 is 0 Å². The van der Waals surface area contributed by atoms with Crippen molar-refractivity contribution in [3.63, 3.8) is 0 Å². The van der Waals surface area contributed by atoms with Crippen molar-refractivity contribution in [2.75, 3.05) is 18.5 Å². The SMILES string of the molecule is Cc1c(C(=O)Nc2ccnc(Cl)c2)c(C)n(C)c1C(O)C(=O)NC1(C)CCOCC1. The number of aliphatic hydroxyl groups is 1. The zero-order chi connectivity index (χ0) is 22.1. The van der Waals surface area contributed by atoms with Gasteiger partial charge in [-0.3, -0.25) is 9.59 Å². The van der Waals surface area contributed by atoms with Gasteiger partial charge in [0.2, 0.25) is 0 Å². The Morgan fingerprint density at radius 3 is 2.63 bits per heavy atom. The maximum absolute atomic E-state index is 12.9. The molecule has 0 bridgehead atoms. The van der Waals surface area contributed by atoms with E-state index in [9.17, 15) is 14.7 Å². The van der Waals surface area contributed by atoms with Gasteiger partial charge in [-0.1, -0.05) is 11.6 Å². The number of pyridine rings is 1. The first-order valence-corrected chi connectivity index (χ1v) is 10.2. The summed E-state index contributed by atoms with van der Waals surface area (Å²) in [5.41, 5.74) is 2.07. The van der Waals surface area contributed by atoms with Crippen molar-refractivity contribution in [3.8, 4) is 0 Å². The summed E-state index contributed by atoms with van der Waals surface area (Å²) in [6.07, 6.45) is 1.46. The zero-order valence-corrected chi connectivity index (χ0v) is 18.3. The average Bonchev–Trinajstić information content (AvgIpc) is 2.90. The lowest BCUT2D eigenvalue weighted by molar-refractivity contribution is -0.133. The van der Waals surface area contributed by atoms with Crippen LogP contribution in [-0.2, 0) is 16.6 Å². The Balaban J connectivity index is 1.84. The number of hydrogen-bond donors (Lipinski definition) is 3. The van der Waals surface area contributed by atoms with Gasteiger partial charge in [0.1, 0.15) is 5.15 Å². The van der Waals surface area contributed by atoms with E-state index in [1.165, 1.54) is 6.20 Å². The fraction of sp³-hybridized carbons (Fsp3) is 0.476. The lowest BCUT2D eigenvalue weighted by atomic mass is 9.92. The summed E-state index contributed by atoms with van der Waals surface area (Å²) in [5, 5.41) is 16.8. The Hall–Kier alpha value is -2.42. The van der Waals surface area contributed by atoms with E-state index in [-0.39, 0.29) is 11.1 Å². The number of ether oxygens (including phenoxy) is 1. The second-order valence-corrected chi connectivity index (χ2v) is 8.30. The predicted molar refractivity (Wildman–Crippen MR) is 114 cm³/mol. The second kappa shape index (κ2) is 8.75. The van der Waals surface area contributed by atoms with Crippen molar-refractivity contribution in [2.45, 2.75) is 45.3 Å². The molecule has 1 atom stereocenters. The Morgan fingerprint density at radius 2 is 2.00 bits per heavy atom. The second-order valence-electron chi connectivity index (χ2n) is 7.92. The van der Waals surface area contributed by atoms with Crippen LogP contribution in [0.25, 0.3) is 0 Å². The molecule has 9 heteroatoms. The topological polar surface area (TPSA) is 105 Å². The van der Waals surface area contributed by atoms with E-state index in [0.29, 0.717) is 54.3 Å².